The molecule has 4 nitrogen and oxygen atoms in total. The number of imidazole rings is 1. The van der Waals surface area contributed by atoms with Crippen LogP contribution in [0.15, 0.2) is 18.2 Å². The van der Waals surface area contributed by atoms with E-state index in [0.717, 1.165) is 11.0 Å². The quantitative estimate of drug-likeness (QED) is 0.944. The maximum absolute atomic E-state index is 13.1. The molecule has 2 aromatic rings. The molecule has 3 rings (SSSR count). The van der Waals surface area contributed by atoms with Crippen LogP contribution in [-0.2, 0) is 12.7 Å². The monoisotopic (exact) mass is 298 g/mol. The molecule has 7 heteroatoms. The Kier molecular flexibility index (Phi) is 2.96. The minimum absolute atomic E-state index is 0.0653. The fourth-order valence-electron chi connectivity index (χ4n) is 2.55. The molecule has 0 radical (unpaired) electrons. The van der Waals surface area contributed by atoms with Crippen LogP contribution < -0.4 is 0 Å². The van der Waals surface area contributed by atoms with Gasteiger partial charge >= 0.3 is 12.1 Å². The lowest BCUT2D eigenvalue weighted by Gasteiger charge is -2.11. The number of nitrogens with zero attached hydrogens (tertiary/aromatic N) is 2. The van der Waals surface area contributed by atoms with Gasteiger partial charge in [0.15, 0.2) is 0 Å². The maximum atomic E-state index is 13.1. The lowest BCUT2D eigenvalue weighted by Crippen LogP contribution is -2.16. The van der Waals surface area contributed by atoms with E-state index in [2.05, 4.69) is 4.98 Å². The second-order valence-electron chi connectivity index (χ2n) is 5.53. The van der Waals surface area contributed by atoms with Gasteiger partial charge in [-0.2, -0.15) is 13.2 Å². The molecule has 1 aromatic heterocycles. The van der Waals surface area contributed by atoms with E-state index >= 15 is 0 Å². The molecule has 1 fully saturated rings. The first-order valence-corrected chi connectivity index (χ1v) is 6.58. The molecule has 1 aliphatic carbocycles. The predicted octanol–water partition coefficient (Wildman–Crippen LogP) is 3.41. The molecule has 0 bridgehead atoms. The molecule has 0 aliphatic heterocycles. The second-order valence-corrected chi connectivity index (χ2v) is 5.53. The number of carboxylic acid groups (broad SMARTS) is 1. The van der Waals surface area contributed by atoms with Crippen LogP contribution in [0.3, 0.4) is 0 Å². The number of hydrogen-bond donors (Lipinski definition) is 1. The van der Waals surface area contributed by atoms with Crippen molar-refractivity contribution in [1.82, 2.24) is 9.55 Å². The number of fused-ring (bicyclic) bond motifs is 1. The lowest BCUT2D eigenvalue weighted by atomic mass is 10.2. The molecule has 0 spiro atoms. The number of carbonyl (C=O) groups is 1. The summed E-state index contributed by atoms with van der Waals surface area (Å²) in [7, 11) is 0. The molecule has 2 atom stereocenters. The number of rotatable bonds is 3. The SMILES string of the molecule is CC1CC1Cn1c(C(F)(F)F)nc2cc(C(=O)O)ccc21. The van der Waals surface area contributed by atoms with Crippen molar-refractivity contribution >= 4 is 17.0 Å². The predicted molar refractivity (Wildman–Crippen MR) is 69.0 cm³/mol. The third-order valence-corrected chi connectivity index (χ3v) is 3.94. The van der Waals surface area contributed by atoms with Gasteiger partial charge in [-0.05, 0) is 36.5 Å². The summed E-state index contributed by atoms with van der Waals surface area (Å²) in [6.45, 7) is 2.26. The van der Waals surface area contributed by atoms with E-state index in [0.29, 0.717) is 11.4 Å². The number of benzene rings is 1. The summed E-state index contributed by atoms with van der Waals surface area (Å²) in [6.07, 6.45) is -3.65. The molecule has 0 saturated heterocycles. The summed E-state index contributed by atoms with van der Waals surface area (Å²) < 4.78 is 40.5. The van der Waals surface area contributed by atoms with Gasteiger partial charge in [0.25, 0.3) is 0 Å². The fraction of sp³-hybridized carbons (Fsp3) is 0.429. The van der Waals surface area contributed by atoms with E-state index in [4.69, 9.17) is 5.11 Å². The normalized spacial score (nSPS) is 21.7. The van der Waals surface area contributed by atoms with Crippen molar-refractivity contribution in [2.45, 2.75) is 26.1 Å². The lowest BCUT2D eigenvalue weighted by molar-refractivity contribution is -0.147. The van der Waals surface area contributed by atoms with Gasteiger partial charge < -0.3 is 9.67 Å². The van der Waals surface area contributed by atoms with Crippen LogP contribution in [0.25, 0.3) is 11.0 Å². The zero-order chi connectivity index (χ0) is 15.4. The van der Waals surface area contributed by atoms with E-state index in [1.807, 2.05) is 6.92 Å². The number of aromatic nitrogens is 2. The second kappa shape index (κ2) is 4.47. The third kappa shape index (κ3) is 2.48. The van der Waals surface area contributed by atoms with E-state index in [-0.39, 0.29) is 23.5 Å². The fourth-order valence-corrected chi connectivity index (χ4v) is 2.55. The summed E-state index contributed by atoms with van der Waals surface area (Å²) >= 11 is 0. The van der Waals surface area contributed by atoms with E-state index in [1.165, 1.54) is 18.2 Å². The summed E-state index contributed by atoms with van der Waals surface area (Å²) in [5, 5.41) is 8.91. The van der Waals surface area contributed by atoms with Crippen LogP contribution >= 0.6 is 0 Å². The number of alkyl halides is 3. The molecule has 1 aliphatic rings. The van der Waals surface area contributed by atoms with Gasteiger partial charge in [-0.3, -0.25) is 0 Å². The summed E-state index contributed by atoms with van der Waals surface area (Å²) in [5.74, 6) is -1.50. The zero-order valence-corrected chi connectivity index (χ0v) is 11.2. The van der Waals surface area contributed by atoms with Gasteiger partial charge in [0.05, 0.1) is 16.6 Å². The Labute approximate surface area is 118 Å². The van der Waals surface area contributed by atoms with Gasteiger partial charge in [0.2, 0.25) is 5.82 Å². The summed E-state index contributed by atoms with van der Waals surface area (Å²) in [4.78, 5) is 14.5. The minimum atomic E-state index is -4.56. The average molecular weight is 298 g/mol. The first-order chi connectivity index (χ1) is 9.77. The Balaban J connectivity index is 2.13. The standard InChI is InChI=1S/C14H13F3N2O2/c1-7-4-9(7)6-19-11-3-2-8(12(20)21)5-10(11)18-13(19)14(15,16)17/h2-3,5,7,9H,4,6H2,1H3,(H,20,21). The first-order valence-electron chi connectivity index (χ1n) is 6.58. The molecular formula is C14H13F3N2O2. The Morgan fingerprint density at radius 2 is 2.14 bits per heavy atom. The Morgan fingerprint density at radius 1 is 1.48 bits per heavy atom. The highest BCUT2D eigenvalue weighted by molar-refractivity contribution is 5.92. The molecule has 1 aromatic carbocycles. The van der Waals surface area contributed by atoms with E-state index in [1.54, 1.807) is 0 Å². The smallest absolute Gasteiger partial charge is 0.449 e. The highest BCUT2D eigenvalue weighted by Gasteiger charge is 2.40. The van der Waals surface area contributed by atoms with Crippen molar-refractivity contribution in [1.29, 1.82) is 0 Å². The van der Waals surface area contributed by atoms with E-state index < -0.39 is 18.0 Å². The van der Waals surface area contributed by atoms with Crippen molar-refractivity contribution in [2.75, 3.05) is 0 Å². The molecule has 2 unspecified atom stereocenters. The Bertz CT molecular complexity index is 721. The zero-order valence-electron chi connectivity index (χ0n) is 11.2. The van der Waals surface area contributed by atoms with Crippen LogP contribution in [0.2, 0.25) is 0 Å². The summed E-state index contributed by atoms with van der Waals surface area (Å²) in [6, 6.07) is 3.88. The number of halogens is 3. The van der Waals surface area contributed by atoms with Gasteiger partial charge in [0.1, 0.15) is 0 Å². The Hall–Kier alpha value is -2.05. The molecule has 0 amide bonds. The van der Waals surface area contributed by atoms with Crippen molar-refractivity contribution in [3.8, 4) is 0 Å². The van der Waals surface area contributed by atoms with Crippen LogP contribution in [0, 0.1) is 11.8 Å². The maximum Gasteiger partial charge on any atom is 0.449 e. The molecular weight excluding hydrogens is 285 g/mol. The molecule has 1 N–H and O–H groups in total. The van der Waals surface area contributed by atoms with Crippen molar-refractivity contribution in [2.24, 2.45) is 11.8 Å². The van der Waals surface area contributed by atoms with Crippen LogP contribution in [0.1, 0.15) is 29.5 Å². The van der Waals surface area contributed by atoms with Crippen molar-refractivity contribution < 1.29 is 23.1 Å². The van der Waals surface area contributed by atoms with Crippen LogP contribution in [-0.4, -0.2) is 20.6 Å². The van der Waals surface area contributed by atoms with Gasteiger partial charge in [-0.25, -0.2) is 9.78 Å². The third-order valence-electron chi connectivity index (χ3n) is 3.94. The number of carboxylic acids is 1. The van der Waals surface area contributed by atoms with E-state index in [9.17, 15) is 18.0 Å². The summed E-state index contributed by atoms with van der Waals surface area (Å²) in [5.41, 5.74) is 0.322. The highest BCUT2D eigenvalue weighted by atomic mass is 19.4. The highest BCUT2D eigenvalue weighted by Crippen LogP contribution is 2.41. The molecule has 1 saturated carbocycles. The van der Waals surface area contributed by atoms with Gasteiger partial charge in [-0.15, -0.1) is 0 Å². The largest absolute Gasteiger partial charge is 0.478 e. The van der Waals surface area contributed by atoms with Crippen LogP contribution in [0.5, 0.6) is 0 Å². The molecule has 112 valence electrons. The minimum Gasteiger partial charge on any atom is -0.478 e. The number of aromatic carboxylic acids is 1. The average Bonchev–Trinajstić information content (AvgIpc) is 2.94. The first kappa shape index (κ1) is 13.9. The van der Waals surface area contributed by atoms with Gasteiger partial charge in [0, 0.05) is 6.54 Å². The number of hydrogen-bond acceptors (Lipinski definition) is 2. The molecule has 21 heavy (non-hydrogen) atoms. The van der Waals surface area contributed by atoms with Crippen LogP contribution in [0.4, 0.5) is 13.2 Å². The van der Waals surface area contributed by atoms with Crippen molar-refractivity contribution in [3.63, 3.8) is 0 Å². The Morgan fingerprint density at radius 3 is 2.67 bits per heavy atom. The van der Waals surface area contributed by atoms with Gasteiger partial charge in [-0.1, -0.05) is 6.92 Å². The van der Waals surface area contributed by atoms with Crippen molar-refractivity contribution in [3.05, 3.63) is 29.6 Å². The molecule has 1 heterocycles. The topological polar surface area (TPSA) is 55.1 Å².